The van der Waals surface area contributed by atoms with Crippen LogP contribution >= 0.6 is 0 Å². The summed E-state index contributed by atoms with van der Waals surface area (Å²) in [5.41, 5.74) is 6.23. The Morgan fingerprint density at radius 2 is 1.58 bits per heavy atom. The molecule has 1 aliphatic rings. The maximum Gasteiger partial charge on any atom is 0.407 e. The second-order valence-electron chi connectivity index (χ2n) is 4.90. The molecule has 19 heavy (non-hydrogen) atoms. The fourth-order valence-corrected chi connectivity index (χ4v) is 2.15. The zero-order chi connectivity index (χ0) is 14.0. The minimum Gasteiger partial charge on any atom is -0.369 e. The van der Waals surface area contributed by atoms with Gasteiger partial charge in [-0.3, -0.25) is 0 Å². The van der Waals surface area contributed by atoms with Crippen molar-refractivity contribution in [2.45, 2.75) is 12.2 Å². The molecule has 2 rings (SSSR count). The third-order valence-electron chi connectivity index (χ3n) is 3.47. The van der Waals surface area contributed by atoms with Crippen molar-refractivity contribution in [2.75, 3.05) is 38.1 Å². The smallest absolute Gasteiger partial charge is 0.369 e. The van der Waals surface area contributed by atoms with E-state index < -0.39 is 12.2 Å². The first-order valence-electron chi connectivity index (χ1n) is 6.23. The Balaban J connectivity index is 2.06. The first kappa shape index (κ1) is 14.1. The van der Waals surface area contributed by atoms with Gasteiger partial charge in [0, 0.05) is 31.9 Å². The Labute approximate surface area is 110 Å². The normalized spacial score (nSPS) is 19.5. The molecule has 6 heteroatoms. The molecule has 0 bridgehead atoms. The van der Waals surface area contributed by atoms with Crippen molar-refractivity contribution in [3.63, 3.8) is 0 Å². The summed E-state index contributed by atoms with van der Waals surface area (Å²) in [5, 5.41) is 0. The lowest BCUT2D eigenvalue weighted by Gasteiger charge is -2.34. The van der Waals surface area contributed by atoms with Crippen LogP contribution in [0.25, 0.3) is 0 Å². The molecule has 0 saturated carbocycles. The van der Waals surface area contributed by atoms with E-state index in [2.05, 4.69) is 16.8 Å². The lowest BCUT2D eigenvalue weighted by atomic mass is 10.1. The molecule has 1 heterocycles. The molecule has 1 aromatic carbocycles. The third-order valence-corrected chi connectivity index (χ3v) is 3.47. The van der Waals surface area contributed by atoms with Crippen LogP contribution in [-0.2, 0) is 0 Å². The van der Waals surface area contributed by atoms with E-state index in [1.807, 2.05) is 0 Å². The number of nitrogens with zero attached hydrogens (tertiary/aromatic N) is 2. The lowest BCUT2D eigenvalue weighted by molar-refractivity contribution is -0.149. The summed E-state index contributed by atoms with van der Waals surface area (Å²) in [7, 11) is 2.06. The monoisotopic (exact) mass is 273 g/mol. The van der Waals surface area contributed by atoms with E-state index in [4.69, 9.17) is 5.73 Å². The topological polar surface area (TPSA) is 32.5 Å². The Morgan fingerprint density at radius 3 is 2.05 bits per heavy atom. The van der Waals surface area contributed by atoms with Gasteiger partial charge in [-0.05, 0) is 24.7 Å². The molecule has 1 aliphatic heterocycles. The van der Waals surface area contributed by atoms with Crippen molar-refractivity contribution < 1.29 is 13.2 Å². The predicted molar refractivity (Wildman–Crippen MR) is 69.1 cm³/mol. The van der Waals surface area contributed by atoms with Crippen molar-refractivity contribution in [3.05, 3.63) is 29.8 Å². The average Bonchev–Trinajstić information content (AvgIpc) is 2.38. The predicted octanol–water partition coefficient (Wildman–Crippen LogP) is 2.00. The molecular weight excluding hydrogens is 255 g/mol. The summed E-state index contributed by atoms with van der Waals surface area (Å²) in [6, 6.07) is 4.45. The Morgan fingerprint density at radius 1 is 1.05 bits per heavy atom. The Bertz CT molecular complexity index is 408. The maximum atomic E-state index is 12.5. The van der Waals surface area contributed by atoms with Crippen LogP contribution in [0.2, 0.25) is 0 Å². The van der Waals surface area contributed by atoms with Crippen LogP contribution in [0.1, 0.15) is 11.6 Å². The molecule has 0 spiro atoms. The van der Waals surface area contributed by atoms with Gasteiger partial charge in [0.05, 0.1) is 0 Å². The van der Waals surface area contributed by atoms with Gasteiger partial charge in [0.25, 0.3) is 0 Å². The molecule has 3 nitrogen and oxygen atoms in total. The number of rotatable bonds is 2. The first-order valence-corrected chi connectivity index (χ1v) is 6.23. The molecule has 1 aromatic rings. The number of likely N-dealkylation sites (N-methyl/N-ethyl adjacent to an activating group) is 1. The van der Waals surface area contributed by atoms with Crippen molar-refractivity contribution in [1.82, 2.24) is 4.90 Å². The number of anilines is 1. The summed E-state index contributed by atoms with van der Waals surface area (Å²) < 4.78 is 37.5. The number of halogens is 3. The maximum absolute atomic E-state index is 12.5. The number of hydrogen-bond acceptors (Lipinski definition) is 3. The summed E-state index contributed by atoms with van der Waals surface area (Å²) in [5.74, 6) is 0. The van der Waals surface area contributed by atoms with Crippen LogP contribution in [0.15, 0.2) is 24.3 Å². The average molecular weight is 273 g/mol. The Hall–Kier alpha value is -1.27. The number of piperazine rings is 1. The van der Waals surface area contributed by atoms with Crippen molar-refractivity contribution in [2.24, 2.45) is 5.73 Å². The quantitative estimate of drug-likeness (QED) is 0.894. The van der Waals surface area contributed by atoms with Crippen LogP contribution in [-0.4, -0.2) is 44.3 Å². The van der Waals surface area contributed by atoms with Gasteiger partial charge < -0.3 is 15.5 Å². The van der Waals surface area contributed by atoms with E-state index in [1.54, 1.807) is 12.1 Å². The highest BCUT2D eigenvalue weighted by Crippen LogP contribution is 2.31. The van der Waals surface area contributed by atoms with Crippen LogP contribution < -0.4 is 10.6 Å². The number of benzene rings is 1. The fraction of sp³-hybridized carbons (Fsp3) is 0.538. The molecule has 2 N–H and O–H groups in total. The highest BCUT2D eigenvalue weighted by Gasteiger charge is 2.37. The highest BCUT2D eigenvalue weighted by atomic mass is 19.4. The highest BCUT2D eigenvalue weighted by molar-refractivity contribution is 5.48. The minimum absolute atomic E-state index is 0.102. The molecule has 0 aliphatic carbocycles. The SMILES string of the molecule is CN1CCN(c2ccc(C(N)C(F)(F)F)cc2)CC1. The van der Waals surface area contributed by atoms with E-state index in [9.17, 15) is 13.2 Å². The zero-order valence-corrected chi connectivity index (χ0v) is 10.8. The van der Waals surface area contributed by atoms with Gasteiger partial charge in [-0.1, -0.05) is 12.1 Å². The second kappa shape index (κ2) is 5.38. The van der Waals surface area contributed by atoms with E-state index in [1.165, 1.54) is 12.1 Å². The van der Waals surface area contributed by atoms with Gasteiger partial charge in [-0.15, -0.1) is 0 Å². The van der Waals surface area contributed by atoms with E-state index >= 15 is 0 Å². The molecular formula is C13H18F3N3. The van der Waals surface area contributed by atoms with Gasteiger partial charge in [0.15, 0.2) is 0 Å². The zero-order valence-electron chi connectivity index (χ0n) is 10.8. The lowest BCUT2D eigenvalue weighted by Crippen LogP contribution is -2.44. The van der Waals surface area contributed by atoms with Gasteiger partial charge in [0.2, 0.25) is 0 Å². The van der Waals surface area contributed by atoms with E-state index in [0.29, 0.717) is 0 Å². The van der Waals surface area contributed by atoms with Crippen LogP contribution in [0, 0.1) is 0 Å². The van der Waals surface area contributed by atoms with Crippen molar-refractivity contribution in [1.29, 1.82) is 0 Å². The molecule has 1 unspecified atom stereocenters. The molecule has 1 saturated heterocycles. The van der Waals surface area contributed by atoms with Crippen LogP contribution in [0.3, 0.4) is 0 Å². The summed E-state index contributed by atoms with van der Waals surface area (Å²) in [6.07, 6.45) is -4.39. The van der Waals surface area contributed by atoms with Gasteiger partial charge >= 0.3 is 6.18 Å². The summed E-state index contributed by atoms with van der Waals surface area (Å²) in [6.45, 7) is 3.70. The van der Waals surface area contributed by atoms with Crippen LogP contribution in [0.4, 0.5) is 18.9 Å². The van der Waals surface area contributed by atoms with Crippen molar-refractivity contribution >= 4 is 5.69 Å². The standard InChI is InChI=1S/C13H18F3N3/c1-18-6-8-19(9-7-18)11-4-2-10(3-5-11)12(17)13(14,15)16/h2-5,12H,6-9,17H2,1H3. The molecule has 106 valence electrons. The summed E-state index contributed by atoms with van der Waals surface area (Å²) in [4.78, 5) is 4.40. The molecule has 0 aromatic heterocycles. The summed E-state index contributed by atoms with van der Waals surface area (Å²) >= 11 is 0. The fourth-order valence-electron chi connectivity index (χ4n) is 2.15. The van der Waals surface area contributed by atoms with E-state index in [-0.39, 0.29) is 5.56 Å². The first-order chi connectivity index (χ1) is 8.88. The second-order valence-corrected chi connectivity index (χ2v) is 4.90. The van der Waals surface area contributed by atoms with Gasteiger partial charge in [0.1, 0.15) is 6.04 Å². The third kappa shape index (κ3) is 3.39. The minimum atomic E-state index is -4.39. The Kier molecular flexibility index (Phi) is 4.01. The molecule has 1 atom stereocenters. The number of alkyl halides is 3. The largest absolute Gasteiger partial charge is 0.407 e. The van der Waals surface area contributed by atoms with Gasteiger partial charge in [-0.25, -0.2) is 0 Å². The number of hydrogen-bond donors (Lipinski definition) is 1. The van der Waals surface area contributed by atoms with E-state index in [0.717, 1.165) is 31.9 Å². The molecule has 0 amide bonds. The molecule has 0 radical (unpaired) electrons. The number of nitrogens with two attached hydrogens (primary N) is 1. The molecule has 1 fully saturated rings. The van der Waals surface area contributed by atoms with Crippen LogP contribution in [0.5, 0.6) is 0 Å². The van der Waals surface area contributed by atoms with Gasteiger partial charge in [-0.2, -0.15) is 13.2 Å². The van der Waals surface area contributed by atoms with Crippen molar-refractivity contribution in [3.8, 4) is 0 Å².